The van der Waals surface area contributed by atoms with E-state index in [0.29, 0.717) is 35.2 Å². The number of carbonyl (C=O) groups is 1. The number of aliphatic imine (C=N–C) groups is 1. The maximum atomic E-state index is 13.0. The number of hydrogen-bond donors (Lipinski definition) is 4. The van der Waals surface area contributed by atoms with Gasteiger partial charge in [-0.25, -0.2) is 0 Å². The van der Waals surface area contributed by atoms with Crippen molar-refractivity contribution in [3.8, 4) is 5.75 Å². The van der Waals surface area contributed by atoms with Crippen molar-refractivity contribution in [3.05, 3.63) is 47.3 Å². The first-order valence-electron chi connectivity index (χ1n) is 11.6. The highest BCUT2D eigenvalue weighted by atomic mass is 16.5. The molecule has 1 amide bonds. The smallest absolute Gasteiger partial charge is 0.325 e. The number of nitrogens with one attached hydrogen (secondary N) is 1. The number of hydrogen-bond acceptors (Lipinski definition) is 6. The number of carbonyl (C=O) groups excluding carboxylic acids is 1. The van der Waals surface area contributed by atoms with Crippen molar-refractivity contribution >= 4 is 23.5 Å². The van der Waals surface area contributed by atoms with Crippen molar-refractivity contribution in [3.63, 3.8) is 0 Å². The van der Waals surface area contributed by atoms with Gasteiger partial charge in [0, 0.05) is 46.3 Å². The summed E-state index contributed by atoms with van der Waals surface area (Å²) in [4.78, 5) is 17.7. The van der Waals surface area contributed by atoms with Crippen LogP contribution < -0.4 is 20.5 Å². The molecule has 0 radical (unpaired) electrons. The quantitative estimate of drug-likeness (QED) is 0.221. The highest BCUT2D eigenvalue weighted by Crippen LogP contribution is 2.38. The molecule has 2 aliphatic rings. The molecule has 2 aliphatic carbocycles. The molecule has 8 heteroatoms. The fourth-order valence-electron chi connectivity index (χ4n) is 4.22. The largest absolute Gasteiger partial charge is 0.492 e. The van der Waals surface area contributed by atoms with E-state index in [-0.39, 0.29) is 11.7 Å². The molecule has 1 aromatic heterocycles. The molecule has 176 valence electrons. The predicted octanol–water partition coefficient (Wildman–Crippen LogP) is 3.43. The Morgan fingerprint density at radius 1 is 1.30 bits per heavy atom. The van der Waals surface area contributed by atoms with E-state index in [1.807, 2.05) is 19.9 Å². The van der Waals surface area contributed by atoms with E-state index in [0.717, 1.165) is 48.9 Å². The normalized spacial score (nSPS) is 22.9. The molecule has 5 N–H and O–H groups in total. The summed E-state index contributed by atoms with van der Waals surface area (Å²) in [6.07, 6.45) is 6.83. The van der Waals surface area contributed by atoms with Gasteiger partial charge in [0.25, 0.3) is 0 Å². The minimum atomic E-state index is -0.609. The maximum absolute atomic E-state index is 13.0. The van der Waals surface area contributed by atoms with Crippen LogP contribution in [0.5, 0.6) is 5.75 Å². The lowest BCUT2D eigenvalue weighted by atomic mass is 9.84. The molecule has 2 aromatic rings. The minimum Gasteiger partial charge on any atom is -0.492 e. The lowest BCUT2D eigenvalue weighted by Gasteiger charge is -2.31. The first kappa shape index (κ1) is 23.0. The van der Waals surface area contributed by atoms with Crippen molar-refractivity contribution in [2.24, 2.45) is 4.99 Å². The van der Waals surface area contributed by atoms with E-state index in [2.05, 4.69) is 10.3 Å². The van der Waals surface area contributed by atoms with Gasteiger partial charge in [0.05, 0.1) is 23.9 Å². The number of pyridine rings is 1. The highest BCUT2D eigenvalue weighted by molar-refractivity contribution is 6.04. The predicted molar refractivity (Wildman–Crippen MR) is 126 cm³/mol. The summed E-state index contributed by atoms with van der Waals surface area (Å²) in [5.74, 6) is 0.310. The fourth-order valence-corrected chi connectivity index (χ4v) is 4.22. The standard InChI is InChI=1S/C25H32N4O4/c1-3-33-23-14-19(26)17(15-27-18-9-11-25(2,31)12-10-18)13-20(23)28-24(30)22-6-4-5-21(29(22)32)16-7-8-16/h4-6,13-16,18,26,30-32H,3,7-12H2,1-2H3/p+1. The summed E-state index contributed by atoms with van der Waals surface area (Å²) in [5.41, 5.74) is 8.16. The van der Waals surface area contributed by atoms with Crippen LogP contribution in [0.25, 0.3) is 0 Å². The van der Waals surface area contributed by atoms with E-state index in [1.54, 1.807) is 30.5 Å². The highest BCUT2D eigenvalue weighted by Gasteiger charge is 2.35. The summed E-state index contributed by atoms with van der Waals surface area (Å²) in [6.45, 7) is 4.13. The van der Waals surface area contributed by atoms with Crippen LogP contribution in [0, 0.1) is 0 Å². The number of nitrogens with zero attached hydrogens (tertiary/aromatic N) is 2. The Morgan fingerprint density at radius 3 is 2.70 bits per heavy atom. The molecule has 2 fully saturated rings. The van der Waals surface area contributed by atoms with Crippen LogP contribution in [0.4, 0.5) is 11.4 Å². The second kappa shape index (κ2) is 9.39. The van der Waals surface area contributed by atoms with E-state index in [9.17, 15) is 15.1 Å². The number of benzene rings is 1. The Hall–Kier alpha value is -3.13. The second-order valence-electron chi connectivity index (χ2n) is 9.29. The molecule has 2 saturated carbocycles. The van der Waals surface area contributed by atoms with Crippen molar-refractivity contribution in [2.45, 2.75) is 69.9 Å². The zero-order chi connectivity index (χ0) is 23.6. The molecular weight excluding hydrogens is 420 g/mol. The Bertz CT molecular complexity index is 1050. The van der Waals surface area contributed by atoms with Crippen LogP contribution >= 0.6 is 0 Å². The van der Waals surface area contributed by atoms with Gasteiger partial charge >= 0.3 is 11.6 Å². The SMILES string of the molecule is CCOc1cc(N)c(C=NC2CCC(C)(O)CC2)cc1NC(=O)c1cccc(C2CC2)[n+]1O. The summed E-state index contributed by atoms with van der Waals surface area (Å²) < 4.78 is 6.67. The zero-order valence-corrected chi connectivity index (χ0v) is 19.3. The van der Waals surface area contributed by atoms with Crippen LogP contribution in [0.2, 0.25) is 0 Å². The van der Waals surface area contributed by atoms with Crippen LogP contribution in [0.3, 0.4) is 0 Å². The first-order valence-corrected chi connectivity index (χ1v) is 11.6. The number of aromatic nitrogens is 1. The van der Waals surface area contributed by atoms with Crippen LogP contribution in [-0.4, -0.2) is 40.7 Å². The van der Waals surface area contributed by atoms with E-state index in [4.69, 9.17) is 10.5 Å². The molecule has 0 unspecified atom stereocenters. The number of rotatable bonds is 7. The summed E-state index contributed by atoms with van der Waals surface area (Å²) in [7, 11) is 0. The molecular formula is C25H33N4O4+. The molecule has 1 aromatic carbocycles. The molecule has 0 saturated heterocycles. The molecule has 0 spiro atoms. The molecule has 4 rings (SSSR count). The molecule has 33 heavy (non-hydrogen) atoms. The number of anilines is 2. The topological polar surface area (TPSA) is 121 Å². The lowest BCUT2D eigenvalue weighted by molar-refractivity contribution is -0.910. The third kappa shape index (κ3) is 5.45. The summed E-state index contributed by atoms with van der Waals surface area (Å²) >= 11 is 0. The second-order valence-corrected chi connectivity index (χ2v) is 9.29. The van der Waals surface area contributed by atoms with E-state index >= 15 is 0 Å². The third-order valence-corrected chi connectivity index (χ3v) is 6.41. The van der Waals surface area contributed by atoms with Crippen LogP contribution in [-0.2, 0) is 0 Å². The van der Waals surface area contributed by atoms with Gasteiger partial charge in [0.2, 0.25) is 5.69 Å². The number of nitrogen functional groups attached to an aromatic ring is 1. The van der Waals surface area contributed by atoms with Gasteiger partial charge in [0.1, 0.15) is 5.75 Å². The van der Waals surface area contributed by atoms with Crippen molar-refractivity contribution in [1.82, 2.24) is 0 Å². The average Bonchev–Trinajstić information content (AvgIpc) is 3.61. The third-order valence-electron chi connectivity index (χ3n) is 6.41. The van der Waals surface area contributed by atoms with Crippen LogP contribution in [0.1, 0.15) is 80.0 Å². The Kier molecular flexibility index (Phi) is 6.56. The lowest BCUT2D eigenvalue weighted by Crippen LogP contribution is -2.43. The van der Waals surface area contributed by atoms with E-state index in [1.165, 1.54) is 0 Å². The van der Waals surface area contributed by atoms with Gasteiger partial charge in [-0.05, 0) is 64.5 Å². The van der Waals surface area contributed by atoms with Gasteiger partial charge < -0.3 is 20.9 Å². The van der Waals surface area contributed by atoms with Crippen molar-refractivity contribution in [1.29, 1.82) is 0 Å². The number of nitrogens with two attached hydrogens (primary N) is 1. The van der Waals surface area contributed by atoms with Gasteiger partial charge in [0.15, 0.2) is 0 Å². The molecule has 8 nitrogen and oxygen atoms in total. The fraction of sp³-hybridized carbons (Fsp3) is 0.480. The van der Waals surface area contributed by atoms with Gasteiger partial charge in [-0.15, -0.1) is 0 Å². The van der Waals surface area contributed by atoms with Crippen molar-refractivity contribution < 1.29 is 24.6 Å². The first-order chi connectivity index (χ1) is 15.8. The maximum Gasteiger partial charge on any atom is 0.325 e. The monoisotopic (exact) mass is 453 g/mol. The Morgan fingerprint density at radius 2 is 2.03 bits per heavy atom. The molecule has 1 heterocycles. The van der Waals surface area contributed by atoms with Gasteiger partial charge in [-0.2, -0.15) is 0 Å². The average molecular weight is 454 g/mol. The van der Waals surface area contributed by atoms with Gasteiger partial charge in [-0.3, -0.25) is 15.0 Å². The van der Waals surface area contributed by atoms with E-state index < -0.39 is 11.5 Å². The molecule has 0 atom stereocenters. The van der Waals surface area contributed by atoms with Gasteiger partial charge in [-0.1, -0.05) is 0 Å². The van der Waals surface area contributed by atoms with Crippen molar-refractivity contribution in [2.75, 3.05) is 17.7 Å². The van der Waals surface area contributed by atoms with Crippen LogP contribution in [0.15, 0.2) is 35.3 Å². The number of ether oxygens (including phenoxy) is 1. The summed E-state index contributed by atoms with van der Waals surface area (Å²) in [6, 6.07) is 8.75. The Balaban J connectivity index is 1.56. The molecule has 0 bridgehead atoms. The number of aliphatic hydroxyl groups is 1. The summed E-state index contributed by atoms with van der Waals surface area (Å²) in [5, 5.41) is 23.6. The Labute approximate surface area is 194 Å². The minimum absolute atomic E-state index is 0.132. The zero-order valence-electron chi connectivity index (χ0n) is 19.3. The molecule has 0 aliphatic heterocycles. The number of amides is 1.